The van der Waals surface area contributed by atoms with Crippen molar-refractivity contribution in [2.24, 2.45) is 0 Å². The second-order valence-electron chi connectivity index (χ2n) is 10.8. The largest absolute Gasteiger partial charge is 0.491 e. The zero-order chi connectivity index (χ0) is 28.0. The van der Waals surface area contributed by atoms with Crippen LogP contribution in [0.3, 0.4) is 0 Å². The molecule has 2 aliphatic rings. The molecule has 4 aromatic carbocycles. The third kappa shape index (κ3) is 7.75. The van der Waals surface area contributed by atoms with Gasteiger partial charge in [-0.3, -0.25) is 0 Å². The molecular weight excluding hydrogens is 516 g/mol. The molecule has 4 unspecified atom stereocenters. The van der Waals surface area contributed by atoms with Gasteiger partial charge in [0, 0.05) is 0 Å². The van der Waals surface area contributed by atoms with E-state index in [0.29, 0.717) is 32.5 Å². The molecule has 0 aliphatic carbocycles. The maximum absolute atomic E-state index is 10.7. The number of benzene rings is 4. The van der Waals surface area contributed by atoms with Gasteiger partial charge in [-0.1, -0.05) is 72.8 Å². The van der Waals surface area contributed by atoms with Gasteiger partial charge >= 0.3 is 0 Å². The average Bonchev–Trinajstić information content (AvgIpc) is 3.96. The molecule has 41 heavy (non-hydrogen) atoms. The molecule has 6 heteroatoms. The molecule has 0 radical (unpaired) electrons. The number of hydrogen-bond acceptors (Lipinski definition) is 6. The van der Waals surface area contributed by atoms with Crippen LogP contribution >= 0.6 is 0 Å². The van der Waals surface area contributed by atoms with Gasteiger partial charge in [-0.15, -0.1) is 0 Å². The van der Waals surface area contributed by atoms with Gasteiger partial charge in [0.15, 0.2) is 0 Å². The smallest absolute Gasteiger partial charge is 0.119 e. The van der Waals surface area contributed by atoms with Crippen molar-refractivity contribution < 1.29 is 29.2 Å². The minimum Gasteiger partial charge on any atom is -0.491 e. The topological polar surface area (TPSA) is 84.0 Å². The monoisotopic (exact) mass is 552 g/mol. The number of hydrogen-bond donors (Lipinski definition) is 2. The van der Waals surface area contributed by atoms with E-state index in [9.17, 15) is 10.2 Å². The molecule has 2 heterocycles. The highest BCUT2D eigenvalue weighted by molar-refractivity contribution is 5.65. The fourth-order valence-corrected chi connectivity index (χ4v) is 4.83. The summed E-state index contributed by atoms with van der Waals surface area (Å²) in [5.74, 6) is 1.68. The summed E-state index contributed by atoms with van der Waals surface area (Å²) < 4.78 is 21.8. The summed E-state index contributed by atoms with van der Waals surface area (Å²) in [5, 5.41) is 21.5. The lowest BCUT2D eigenvalue weighted by molar-refractivity contribution is 0.135. The molecule has 2 aliphatic heterocycles. The van der Waals surface area contributed by atoms with Gasteiger partial charge in [-0.2, -0.15) is 0 Å². The third-order valence-corrected chi connectivity index (χ3v) is 7.60. The zero-order valence-electron chi connectivity index (χ0n) is 23.0. The Morgan fingerprint density at radius 1 is 0.537 bits per heavy atom. The predicted molar refractivity (Wildman–Crippen MR) is 158 cm³/mol. The summed E-state index contributed by atoms with van der Waals surface area (Å²) in [6.07, 6.45) is 1.25. The summed E-state index contributed by atoms with van der Waals surface area (Å²) in [5.41, 5.74) is 6.14. The Bertz CT molecular complexity index is 1270. The van der Waals surface area contributed by atoms with Crippen molar-refractivity contribution in [3.8, 4) is 33.8 Å². The highest BCUT2D eigenvalue weighted by Gasteiger charge is 2.23. The molecule has 2 N–H and O–H groups in total. The minimum absolute atomic E-state index is 0.242. The fraction of sp³-hybridized carbons (Fsp3) is 0.314. The third-order valence-electron chi connectivity index (χ3n) is 7.60. The molecular formula is C35H36O6. The van der Waals surface area contributed by atoms with Crippen molar-refractivity contribution >= 4 is 0 Å². The second-order valence-corrected chi connectivity index (χ2v) is 10.8. The van der Waals surface area contributed by atoms with E-state index in [1.165, 1.54) is 0 Å². The first kappa shape index (κ1) is 27.5. The maximum atomic E-state index is 10.7. The Morgan fingerprint density at radius 2 is 0.854 bits per heavy atom. The first-order chi connectivity index (χ1) is 20.1. The van der Waals surface area contributed by atoms with Gasteiger partial charge in [-0.25, -0.2) is 0 Å². The van der Waals surface area contributed by atoms with Crippen molar-refractivity contribution in [2.75, 3.05) is 26.4 Å². The summed E-state index contributed by atoms with van der Waals surface area (Å²) in [7, 11) is 0. The Hall–Kier alpha value is -3.68. The van der Waals surface area contributed by atoms with Crippen LogP contribution in [-0.2, 0) is 9.47 Å². The molecule has 0 bridgehead atoms. The summed E-state index contributed by atoms with van der Waals surface area (Å²) in [4.78, 5) is 0. The normalized spacial score (nSPS) is 18.9. The summed E-state index contributed by atoms with van der Waals surface area (Å²) >= 11 is 0. The molecule has 4 aromatic rings. The van der Waals surface area contributed by atoms with Gasteiger partial charge in [0.05, 0.1) is 25.4 Å². The number of aliphatic hydroxyl groups excluding tert-OH is 2. The van der Waals surface area contributed by atoms with Crippen molar-refractivity contribution in [1.82, 2.24) is 0 Å². The van der Waals surface area contributed by atoms with Crippen LogP contribution in [0.2, 0.25) is 0 Å². The lowest BCUT2D eigenvalue weighted by Gasteiger charge is -2.15. The Kier molecular flexibility index (Phi) is 8.63. The highest BCUT2D eigenvalue weighted by atomic mass is 16.6. The SMILES string of the molecule is OC(CCCC(O)c1ccc(-c2ccc(OCC3CO3)cc2)cc1)c1ccc(-c2ccc(OCC3CO3)cc2)cc1. The number of ether oxygens (including phenoxy) is 4. The number of rotatable bonds is 14. The van der Waals surface area contributed by atoms with Crippen LogP contribution in [-0.4, -0.2) is 48.8 Å². The number of epoxide rings is 2. The summed E-state index contributed by atoms with van der Waals surface area (Å²) in [6.45, 7) is 2.76. The lowest BCUT2D eigenvalue weighted by Crippen LogP contribution is -2.03. The molecule has 212 valence electrons. The van der Waals surface area contributed by atoms with Crippen molar-refractivity contribution in [1.29, 1.82) is 0 Å². The Labute approximate surface area is 241 Å². The van der Waals surface area contributed by atoms with Crippen LogP contribution in [0.5, 0.6) is 11.5 Å². The molecule has 6 nitrogen and oxygen atoms in total. The van der Waals surface area contributed by atoms with Crippen LogP contribution in [0.15, 0.2) is 97.1 Å². The Morgan fingerprint density at radius 3 is 1.17 bits per heavy atom. The standard InChI is InChI=1S/C35H36O6/c36-34(28-8-4-24(5-9-28)26-12-16-30(17-13-26)38-20-32-22-40-32)2-1-3-35(37)29-10-6-25(7-11-29)27-14-18-31(19-15-27)39-21-33-23-41-33/h4-19,32-37H,1-3,20-23H2. The lowest BCUT2D eigenvalue weighted by atomic mass is 9.96. The predicted octanol–water partition coefficient (Wildman–Crippen LogP) is 6.51. The van der Waals surface area contributed by atoms with E-state index in [2.05, 4.69) is 0 Å². The quantitative estimate of drug-likeness (QED) is 0.174. The molecule has 0 amide bonds. The van der Waals surface area contributed by atoms with Crippen molar-refractivity contribution in [2.45, 2.75) is 43.7 Å². The van der Waals surface area contributed by atoms with Gasteiger partial charge in [0.1, 0.15) is 36.9 Å². The van der Waals surface area contributed by atoms with E-state index in [0.717, 1.165) is 58.1 Å². The molecule has 2 saturated heterocycles. The second kappa shape index (κ2) is 12.9. The Balaban J connectivity index is 0.949. The van der Waals surface area contributed by atoms with Crippen LogP contribution in [0.4, 0.5) is 0 Å². The first-order valence-electron chi connectivity index (χ1n) is 14.4. The molecule has 6 rings (SSSR count). The number of aliphatic hydroxyl groups is 2. The molecule has 4 atom stereocenters. The van der Waals surface area contributed by atoms with E-state index in [1.54, 1.807) is 0 Å². The van der Waals surface area contributed by atoms with Crippen molar-refractivity contribution in [3.63, 3.8) is 0 Å². The maximum Gasteiger partial charge on any atom is 0.119 e. The average molecular weight is 553 g/mol. The van der Waals surface area contributed by atoms with Gasteiger partial charge in [0.25, 0.3) is 0 Å². The van der Waals surface area contributed by atoms with Gasteiger partial charge in [-0.05, 0) is 76.9 Å². The van der Waals surface area contributed by atoms with Crippen molar-refractivity contribution in [3.05, 3.63) is 108 Å². The van der Waals surface area contributed by atoms with Crippen LogP contribution < -0.4 is 9.47 Å². The van der Waals surface area contributed by atoms with Gasteiger partial charge in [0.2, 0.25) is 0 Å². The van der Waals surface area contributed by atoms with Crippen LogP contribution in [0, 0.1) is 0 Å². The van der Waals surface area contributed by atoms with E-state index < -0.39 is 12.2 Å². The molecule has 0 saturated carbocycles. The van der Waals surface area contributed by atoms with Gasteiger partial charge < -0.3 is 29.2 Å². The first-order valence-corrected chi connectivity index (χ1v) is 14.4. The molecule has 0 aromatic heterocycles. The van der Waals surface area contributed by atoms with E-state index in [-0.39, 0.29) is 12.2 Å². The highest BCUT2D eigenvalue weighted by Crippen LogP contribution is 2.29. The van der Waals surface area contributed by atoms with E-state index in [4.69, 9.17) is 18.9 Å². The zero-order valence-corrected chi connectivity index (χ0v) is 23.0. The van der Waals surface area contributed by atoms with Crippen LogP contribution in [0.1, 0.15) is 42.6 Å². The molecule has 2 fully saturated rings. The van der Waals surface area contributed by atoms with Crippen LogP contribution in [0.25, 0.3) is 22.3 Å². The minimum atomic E-state index is -0.567. The summed E-state index contributed by atoms with van der Waals surface area (Å²) in [6, 6.07) is 32.1. The molecule has 0 spiro atoms. The van der Waals surface area contributed by atoms with E-state index >= 15 is 0 Å². The fourth-order valence-electron chi connectivity index (χ4n) is 4.83. The van der Waals surface area contributed by atoms with E-state index in [1.807, 2.05) is 97.1 Å².